The third-order valence-electron chi connectivity index (χ3n) is 4.69. The second kappa shape index (κ2) is 6.28. The van der Waals surface area contributed by atoms with Crippen LogP contribution in [0.1, 0.15) is 39.2 Å². The summed E-state index contributed by atoms with van der Waals surface area (Å²) < 4.78 is 5.83. The maximum Gasteiger partial charge on any atom is 0.0669 e. The molecular weight excluding hydrogens is 248 g/mol. The molecule has 0 aromatic heterocycles. The second-order valence-electron chi connectivity index (χ2n) is 5.77. The van der Waals surface area contributed by atoms with Crippen LogP contribution in [0.5, 0.6) is 0 Å². The number of hydrogen-bond acceptors (Lipinski definition) is 3. The fraction of sp³-hybridized carbons (Fsp3) is 0.588. The van der Waals surface area contributed by atoms with Gasteiger partial charge in [-0.3, -0.25) is 0 Å². The Labute approximate surface area is 121 Å². The summed E-state index contributed by atoms with van der Waals surface area (Å²) in [6.45, 7) is 7.38. The Morgan fingerprint density at radius 1 is 1.35 bits per heavy atom. The van der Waals surface area contributed by atoms with E-state index in [1.807, 2.05) is 12.1 Å². The number of benzene rings is 1. The summed E-state index contributed by atoms with van der Waals surface area (Å²) in [4.78, 5) is 0. The molecule has 0 radical (unpaired) electrons. The van der Waals surface area contributed by atoms with Crippen LogP contribution in [0.25, 0.3) is 0 Å². The quantitative estimate of drug-likeness (QED) is 0.857. The lowest BCUT2D eigenvalue weighted by Gasteiger charge is -2.54. The van der Waals surface area contributed by atoms with Gasteiger partial charge in [0, 0.05) is 23.8 Å². The van der Waals surface area contributed by atoms with E-state index in [0.29, 0.717) is 18.6 Å². The smallest absolute Gasteiger partial charge is 0.0669 e. The van der Waals surface area contributed by atoms with Gasteiger partial charge in [-0.15, -0.1) is 0 Å². The summed E-state index contributed by atoms with van der Waals surface area (Å²) in [5.41, 5.74) is 2.41. The SMILES string of the molecule is CCOC1CC(Nc2ccc(CC#N)cc2)C1(C)CC. The monoisotopic (exact) mass is 272 g/mol. The summed E-state index contributed by atoms with van der Waals surface area (Å²) in [7, 11) is 0. The molecule has 1 aromatic rings. The molecule has 0 aliphatic heterocycles. The molecule has 0 bridgehead atoms. The van der Waals surface area contributed by atoms with Crippen molar-refractivity contribution >= 4 is 5.69 Å². The van der Waals surface area contributed by atoms with E-state index in [9.17, 15) is 0 Å². The van der Waals surface area contributed by atoms with Crippen LogP contribution >= 0.6 is 0 Å². The largest absolute Gasteiger partial charge is 0.382 e. The van der Waals surface area contributed by atoms with Crippen molar-refractivity contribution in [3.05, 3.63) is 29.8 Å². The highest BCUT2D eigenvalue weighted by molar-refractivity contribution is 5.47. The predicted molar refractivity (Wildman–Crippen MR) is 81.6 cm³/mol. The number of nitrogens with one attached hydrogen (secondary N) is 1. The molecule has 3 heteroatoms. The highest BCUT2D eigenvalue weighted by Gasteiger charge is 2.51. The summed E-state index contributed by atoms with van der Waals surface area (Å²) in [5, 5.41) is 12.3. The molecule has 0 spiro atoms. The Balaban J connectivity index is 1.98. The van der Waals surface area contributed by atoms with E-state index in [1.165, 1.54) is 0 Å². The number of anilines is 1. The molecule has 1 aliphatic carbocycles. The lowest BCUT2D eigenvalue weighted by atomic mass is 9.61. The van der Waals surface area contributed by atoms with Crippen LogP contribution in [0.2, 0.25) is 0 Å². The molecule has 1 aromatic carbocycles. The highest BCUT2D eigenvalue weighted by atomic mass is 16.5. The molecule has 0 amide bonds. The fourth-order valence-electron chi connectivity index (χ4n) is 2.99. The van der Waals surface area contributed by atoms with E-state index in [1.54, 1.807) is 0 Å². The van der Waals surface area contributed by atoms with E-state index in [2.05, 4.69) is 44.3 Å². The Morgan fingerprint density at radius 2 is 2.05 bits per heavy atom. The Bertz CT molecular complexity index is 477. The van der Waals surface area contributed by atoms with E-state index >= 15 is 0 Å². The molecule has 1 fully saturated rings. The van der Waals surface area contributed by atoms with Gasteiger partial charge in [0.2, 0.25) is 0 Å². The number of rotatable bonds is 6. The first kappa shape index (κ1) is 14.9. The van der Waals surface area contributed by atoms with Gasteiger partial charge in [0.05, 0.1) is 18.6 Å². The molecule has 3 unspecified atom stereocenters. The van der Waals surface area contributed by atoms with Crippen LogP contribution in [0.3, 0.4) is 0 Å². The van der Waals surface area contributed by atoms with Gasteiger partial charge in [0.1, 0.15) is 0 Å². The zero-order valence-electron chi connectivity index (χ0n) is 12.6. The van der Waals surface area contributed by atoms with Gasteiger partial charge in [0.25, 0.3) is 0 Å². The average molecular weight is 272 g/mol. The van der Waals surface area contributed by atoms with Crippen molar-refractivity contribution < 1.29 is 4.74 Å². The van der Waals surface area contributed by atoms with E-state index < -0.39 is 0 Å². The van der Waals surface area contributed by atoms with Gasteiger partial charge in [0.15, 0.2) is 0 Å². The highest BCUT2D eigenvalue weighted by Crippen LogP contribution is 2.47. The number of nitrogens with zero attached hydrogens (tertiary/aromatic N) is 1. The van der Waals surface area contributed by atoms with Crippen LogP contribution in [-0.4, -0.2) is 18.8 Å². The van der Waals surface area contributed by atoms with Gasteiger partial charge in [-0.1, -0.05) is 26.0 Å². The fourth-order valence-corrected chi connectivity index (χ4v) is 2.99. The van der Waals surface area contributed by atoms with Gasteiger partial charge < -0.3 is 10.1 Å². The first-order valence-corrected chi connectivity index (χ1v) is 7.48. The molecule has 2 rings (SSSR count). The summed E-state index contributed by atoms with van der Waals surface area (Å²) >= 11 is 0. The normalized spacial score (nSPS) is 28.5. The lowest BCUT2D eigenvalue weighted by Crippen LogP contribution is -2.59. The van der Waals surface area contributed by atoms with Crippen LogP contribution in [0.15, 0.2) is 24.3 Å². The van der Waals surface area contributed by atoms with Gasteiger partial charge in [-0.25, -0.2) is 0 Å². The van der Waals surface area contributed by atoms with Crippen LogP contribution in [0, 0.1) is 16.7 Å². The number of nitriles is 1. The van der Waals surface area contributed by atoms with Gasteiger partial charge >= 0.3 is 0 Å². The van der Waals surface area contributed by atoms with Crippen molar-refractivity contribution in [2.75, 3.05) is 11.9 Å². The van der Waals surface area contributed by atoms with Gasteiger partial charge in [-0.05, 0) is 37.5 Å². The maximum atomic E-state index is 8.68. The molecule has 0 heterocycles. The molecule has 1 aliphatic rings. The minimum atomic E-state index is 0.210. The number of ether oxygens (including phenoxy) is 1. The minimum absolute atomic E-state index is 0.210. The van der Waals surface area contributed by atoms with Gasteiger partial charge in [-0.2, -0.15) is 5.26 Å². The minimum Gasteiger partial charge on any atom is -0.382 e. The van der Waals surface area contributed by atoms with E-state index in [4.69, 9.17) is 10.00 Å². The standard InChI is InChI=1S/C17H24N2O/c1-4-17(3)15(12-16(17)20-5-2)19-14-8-6-13(7-9-14)10-11-18/h6-9,15-16,19H,4-5,10,12H2,1-3H3. The summed E-state index contributed by atoms with van der Waals surface area (Å²) in [6, 6.07) is 10.8. The molecule has 0 saturated heterocycles. The molecule has 1 N–H and O–H groups in total. The molecule has 1 saturated carbocycles. The Kier molecular flexibility index (Phi) is 4.67. The van der Waals surface area contributed by atoms with Crippen molar-refractivity contribution in [3.8, 4) is 6.07 Å². The average Bonchev–Trinajstić information content (AvgIpc) is 2.47. The van der Waals surface area contributed by atoms with E-state index in [0.717, 1.165) is 30.7 Å². The summed E-state index contributed by atoms with van der Waals surface area (Å²) in [5.74, 6) is 0. The van der Waals surface area contributed by atoms with Crippen molar-refractivity contribution in [1.82, 2.24) is 0 Å². The van der Waals surface area contributed by atoms with Crippen LogP contribution < -0.4 is 5.32 Å². The Morgan fingerprint density at radius 3 is 2.60 bits per heavy atom. The maximum absolute atomic E-state index is 8.68. The van der Waals surface area contributed by atoms with Crippen LogP contribution in [0.4, 0.5) is 5.69 Å². The van der Waals surface area contributed by atoms with Crippen molar-refractivity contribution in [2.45, 2.75) is 52.2 Å². The first-order valence-electron chi connectivity index (χ1n) is 7.48. The van der Waals surface area contributed by atoms with Crippen LogP contribution in [-0.2, 0) is 11.2 Å². The third kappa shape index (κ3) is 2.81. The molecule has 108 valence electrons. The van der Waals surface area contributed by atoms with Crippen molar-refractivity contribution in [3.63, 3.8) is 0 Å². The van der Waals surface area contributed by atoms with Crippen molar-refractivity contribution in [2.24, 2.45) is 5.41 Å². The third-order valence-corrected chi connectivity index (χ3v) is 4.69. The first-order chi connectivity index (χ1) is 9.63. The number of hydrogen-bond donors (Lipinski definition) is 1. The van der Waals surface area contributed by atoms with E-state index in [-0.39, 0.29) is 5.41 Å². The predicted octanol–water partition coefficient (Wildman–Crippen LogP) is 3.76. The second-order valence-corrected chi connectivity index (χ2v) is 5.77. The topological polar surface area (TPSA) is 45.0 Å². The molecular formula is C17H24N2O. The molecule has 20 heavy (non-hydrogen) atoms. The zero-order chi connectivity index (χ0) is 14.6. The van der Waals surface area contributed by atoms with Crippen molar-refractivity contribution in [1.29, 1.82) is 5.26 Å². The summed E-state index contributed by atoms with van der Waals surface area (Å²) in [6.07, 6.45) is 3.02. The lowest BCUT2D eigenvalue weighted by molar-refractivity contribution is -0.109. The molecule has 3 atom stereocenters. The molecule has 3 nitrogen and oxygen atoms in total. The zero-order valence-corrected chi connectivity index (χ0v) is 12.6. The Hall–Kier alpha value is -1.53.